The van der Waals surface area contributed by atoms with Gasteiger partial charge in [0, 0.05) is 7.05 Å². The molecular weight excluding hydrogens is 339 g/mol. The van der Waals surface area contributed by atoms with E-state index in [-0.39, 0.29) is 0 Å². The summed E-state index contributed by atoms with van der Waals surface area (Å²) in [6, 6.07) is 5.29. The van der Waals surface area contributed by atoms with E-state index in [9.17, 15) is 0 Å². The highest BCUT2D eigenvalue weighted by Gasteiger charge is 2.11. The van der Waals surface area contributed by atoms with Crippen LogP contribution in [0, 0.1) is 0 Å². The van der Waals surface area contributed by atoms with Crippen LogP contribution in [0.1, 0.15) is 0 Å². The Morgan fingerprint density at radius 1 is 1.11 bits per heavy atom. The minimum absolute atomic E-state index is 0.527. The molecule has 0 unspecified atom stereocenters. The van der Waals surface area contributed by atoms with E-state index < -0.39 is 0 Å². The van der Waals surface area contributed by atoms with Crippen LogP contribution in [0.15, 0.2) is 29.0 Å². The van der Waals surface area contributed by atoms with E-state index in [0.29, 0.717) is 31.8 Å². The van der Waals surface area contributed by atoms with Crippen LogP contribution in [-0.4, -0.2) is 17.0 Å². The largest absolute Gasteiger partial charge is 0.372 e. The van der Waals surface area contributed by atoms with Crippen LogP contribution in [0.3, 0.4) is 0 Å². The van der Waals surface area contributed by atoms with E-state index in [1.165, 1.54) is 6.33 Å². The molecule has 0 atom stereocenters. The summed E-state index contributed by atoms with van der Waals surface area (Å²) in [6.45, 7) is 0. The first kappa shape index (κ1) is 13.4. The predicted molar refractivity (Wildman–Crippen MR) is 79.0 cm³/mol. The first-order valence-corrected chi connectivity index (χ1v) is 6.57. The maximum Gasteiger partial charge on any atom is 0.150 e. The van der Waals surface area contributed by atoms with Gasteiger partial charge >= 0.3 is 0 Å². The Labute approximate surface area is 123 Å². The molecule has 0 aliphatic carbocycles. The van der Waals surface area contributed by atoms with E-state index in [1.54, 1.807) is 25.2 Å². The topological polar surface area (TPSA) is 49.8 Å². The fourth-order valence-corrected chi connectivity index (χ4v) is 2.36. The average Bonchev–Trinajstić information content (AvgIpc) is 2.36. The van der Waals surface area contributed by atoms with Gasteiger partial charge in [0.15, 0.2) is 0 Å². The molecule has 0 fully saturated rings. The van der Waals surface area contributed by atoms with E-state index >= 15 is 0 Å². The summed E-state index contributed by atoms with van der Waals surface area (Å²) < 4.78 is 0.712. The van der Waals surface area contributed by atoms with Gasteiger partial charge in [-0.2, -0.15) is 0 Å². The zero-order chi connectivity index (χ0) is 13.1. The van der Waals surface area contributed by atoms with Gasteiger partial charge in [-0.1, -0.05) is 29.3 Å². The lowest BCUT2D eigenvalue weighted by atomic mass is 10.3. The number of benzene rings is 1. The summed E-state index contributed by atoms with van der Waals surface area (Å²) in [7, 11) is 1.78. The summed E-state index contributed by atoms with van der Waals surface area (Å²) in [5, 5.41) is 7.08. The third-order valence-electron chi connectivity index (χ3n) is 2.23. The van der Waals surface area contributed by atoms with Crippen LogP contribution >= 0.6 is 39.1 Å². The lowest BCUT2D eigenvalue weighted by molar-refractivity contribution is 1.14. The first-order chi connectivity index (χ1) is 8.63. The SMILES string of the molecule is CNc1ncnc(Nc2c(Cl)cccc2Cl)c1Br. The molecule has 94 valence electrons. The maximum absolute atomic E-state index is 6.08. The van der Waals surface area contributed by atoms with E-state index in [1.807, 2.05) is 0 Å². The van der Waals surface area contributed by atoms with Crippen LogP contribution in [0.2, 0.25) is 10.0 Å². The molecule has 0 spiro atoms. The Kier molecular flexibility index (Phi) is 4.27. The van der Waals surface area contributed by atoms with Crippen molar-refractivity contribution in [3.05, 3.63) is 39.0 Å². The number of hydrogen-bond donors (Lipinski definition) is 2. The second-order valence-corrected chi connectivity index (χ2v) is 4.96. The van der Waals surface area contributed by atoms with Crippen LogP contribution in [-0.2, 0) is 0 Å². The lowest BCUT2D eigenvalue weighted by Crippen LogP contribution is -2.01. The standard InChI is InChI=1S/C11H9BrCl2N4/c1-15-10-8(12)11(17-5-16-10)18-9-6(13)3-2-4-7(9)14/h2-5H,1H3,(H2,15,16,17,18). The van der Waals surface area contributed by atoms with Gasteiger partial charge in [0.1, 0.15) is 22.4 Å². The average molecular weight is 348 g/mol. The number of aromatic nitrogens is 2. The van der Waals surface area contributed by atoms with Gasteiger partial charge in [-0.05, 0) is 28.1 Å². The number of anilines is 3. The maximum atomic E-state index is 6.08. The van der Waals surface area contributed by atoms with Crippen molar-refractivity contribution < 1.29 is 0 Å². The number of rotatable bonds is 3. The minimum Gasteiger partial charge on any atom is -0.372 e. The third kappa shape index (κ3) is 2.68. The number of halogens is 3. The summed E-state index contributed by atoms with van der Waals surface area (Å²) in [4.78, 5) is 8.21. The van der Waals surface area contributed by atoms with Crippen LogP contribution < -0.4 is 10.6 Å². The molecule has 0 saturated carbocycles. The van der Waals surface area contributed by atoms with Gasteiger partial charge in [0.2, 0.25) is 0 Å². The molecule has 0 aliphatic heterocycles. The van der Waals surface area contributed by atoms with Gasteiger partial charge in [0.05, 0.1) is 15.7 Å². The van der Waals surface area contributed by atoms with E-state index in [0.717, 1.165) is 0 Å². The quantitative estimate of drug-likeness (QED) is 0.867. The first-order valence-electron chi connectivity index (χ1n) is 5.02. The van der Waals surface area contributed by atoms with Crippen LogP contribution in [0.4, 0.5) is 17.3 Å². The molecule has 1 aromatic carbocycles. The van der Waals surface area contributed by atoms with Gasteiger partial charge in [-0.15, -0.1) is 0 Å². The Balaban J connectivity index is 2.40. The zero-order valence-corrected chi connectivity index (χ0v) is 12.4. The number of para-hydroxylation sites is 1. The predicted octanol–water partition coefficient (Wildman–Crippen LogP) is 4.33. The number of hydrogen-bond acceptors (Lipinski definition) is 4. The molecule has 7 heteroatoms. The summed E-state index contributed by atoms with van der Waals surface area (Å²) in [5.41, 5.74) is 0.613. The van der Waals surface area contributed by atoms with Gasteiger partial charge in [-0.25, -0.2) is 9.97 Å². The van der Waals surface area contributed by atoms with Crippen molar-refractivity contribution in [2.24, 2.45) is 0 Å². The molecule has 2 aromatic rings. The van der Waals surface area contributed by atoms with Crippen molar-refractivity contribution in [3.8, 4) is 0 Å². The van der Waals surface area contributed by atoms with Crippen molar-refractivity contribution in [2.75, 3.05) is 17.7 Å². The number of nitrogens with one attached hydrogen (secondary N) is 2. The van der Waals surface area contributed by atoms with Crippen molar-refractivity contribution in [1.29, 1.82) is 0 Å². The zero-order valence-electron chi connectivity index (χ0n) is 9.34. The van der Waals surface area contributed by atoms with Crippen LogP contribution in [0.25, 0.3) is 0 Å². The highest BCUT2D eigenvalue weighted by Crippen LogP contribution is 2.35. The molecule has 2 rings (SSSR count). The fraction of sp³-hybridized carbons (Fsp3) is 0.0909. The smallest absolute Gasteiger partial charge is 0.150 e. The Hall–Kier alpha value is -1.04. The molecule has 0 aliphatic rings. The summed E-state index contributed by atoms with van der Waals surface area (Å²) >= 11 is 15.6. The van der Waals surface area contributed by atoms with Crippen molar-refractivity contribution in [2.45, 2.75) is 0 Å². The Bertz CT molecular complexity index is 557. The molecule has 0 bridgehead atoms. The molecule has 0 amide bonds. The highest BCUT2D eigenvalue weighted by molar-refractivity contribution is 9.10. The fourth-order valence-electron chi connectivity index (χ4n) is 1.37. The summed E-state index contributed by atoms with van der Waals surface area (Å²) in [5.74, 6) is 1.26. The van der Waals surface area contributed by atoms with Crippen molar-refractivity contribution in [3.63, 3.8) is 0 Å². The minimum atomic E-state index is 0.527. The molecule has 18 heavy (non-hydrogen) atoms. The van der Waals surface area contributed by atoms with Gasteiger partial charge < -0.3 is 10.6 Å². The van der Waals surface area contributed by atoms with E-state index in [2.05, 4.69) is 36.5 Å². The van der Waals surface area contributed by atoms with Gasteiger partial charge in [0.25, 0.3) is 0 Å². The Morgan fingerprint density at radius 2 is 1.72 bits per heavy atom. The summed E-state index contributed by atoms with van der Waals surface area (Å²) in [6.07, 6.45) is 1.45. The lowest BCUT2D eigenvalue weighted by Gasteiger charge is -2.12. The van der Waals surface area contributed by atoms with Crippen molar-refractivity contribution in [1.82, 2.24) is 9.97 Å². The third-order valence-corrected chi connectivity index (χ3v) is 3.61. The second kappa shape index (κ2) is 5.73. The Morgan fingerprint density at radius 3 is 2.33 bits per heavy atom. The molecule has 0 radical (unpaired) electrons. The molecular formula is C11H9BrCl2N4. The monoisotopic (exact) mass is 346 g/mol. The second-order valence-electron chi connectivity index (χ2n) is 3.36. The molecule has 2 N–H and O–H groups in total. The van der Waals surface area contributed by atoms with E-state index in [4.69, 9.17) is 23.2 Å². The molecule has 1 heterocycles. The normalized spacial score (nSPS) is 10.2. The van der Waals surface area contributed by atoms with Crippen molar-refractivity contribution >= 4 is 56.5 Å². The molecule has 4 nitrogen and oxygen atoms in total. The molecule has 0 saturated heterocycles. The molecule has 1 aromatic heterocycles. The van der Waals surface area contributed by atoms with Gasteiger partial charge in [-0.3, -0.25) is 0 Å². The van der Waals surface area contributed by atoms with Crippen LogP contribution in [0.5, 0.6) is 0 Å². The highest BCUT2D eigenvalue weighted by atomic mass is 79.9. The number of nitrogens with zero attached hydrogens (tertiary/aromatic N) is 2.